The third-order valence-corrected chi connectivity index (χ3v) is 3.81. The van der Waals surface area contributed by atoms with E-state index in [0.717, 1.165) is 25.7 Å². The summed E-state index contributed by atoms with van der Waals surface area (Å²) in [5.74, 6) is 0. The Hall–Kier alpha value is -0.240. The monoisotopic (exact) mass is 322 g/mol. The third-order valence-electron chi connectivity index (χ3n) is 3.81. The fraction of sp³-hybridized carbons (Fsp3) is 1.00. The first-order valence-corrected chi connectivity index (χ1v) is 8.78. The molecular weight excluding hydrogens is 288 g/mol. The molecule has 0 radical (unpaired) electrons. The van der Waals surface area contributed by atoms with Gasteiger partial charge in [0.2, 0.25) is 0 Å². The molecule has 0 fully saturated rings. The van der Waals surface area contributed by atoms with E-state index in [1.807, 2.05) is 0 Å². The van der Waals surface area contributed by atoms with Gasteiger partial charge in [-0.05, 0) is 12.8 Å². The van der Waals surface area contributed by atoms with E-state index in [4.69, 9.17) is 10.5 Å². The second kappa shape index (κ2) is 20.8. The molecule has 0 amide bonds. The third kappa shape index (κ3) is 19.8. The molecule has 0 spiro atoms. The van der Waals surface area contributed by atoms with Gasteiger partial charge in [0.15, 0.2) is 0 Å². The smallest absolute Gasteiger partial charge is 0.0853 e. The molecule has 0 bridgehead atoms. The highest BCUT2D eigenvalue weighted by Crippen LogP contribution is 2.13. The van der Waals surface area contributed by atoms with E-state index in [2.05, 4.69) is 19.9 Å². The van der Waals surface area contributed by atoms with E-state index >= 15 is 0 Å². The van der Waals surface area contributed by atoms with Crippen LogP contribution in [0.5, 0.6) is 0 Å². The molecule has 0 aliphatic heterocycles. The zero-order valence-corrected chi connectivity index (χ0v) is 13.8. The molecule has 0 atom stereocenters. The molecule has 0 unspecified atom stereocenters. The first-order chi connectivity index (χ1) is 10.9. The Kier molecular flexibility index (Phi) is 20.5. The van der Waals surface area contributed by atoms with Gasteiger partial charge in [-0.15, -0.1) is 0 Å². The molecule has 134 valence electrons. The molecule has 0 aromatic heterocycles. The predicted molar refractivity (Wildman–Crippen MR) is 84.0 cm³/mol. The minimum absolute atomic E-state index is 0.471. The van der Waals surface area contributed by atoms with Crippen LogP contribution in [0, 0.1) is 0 Å². The normalized spacial score (nSPS) is 11.2. The van der Waals surface area contributed by atoms with E-state index in [1.165, 1.54) is 64.2 Å². The number of unbranched alkanes of at least 4 members (excludes halogenated alkanes) is 13. The number of hydrogen-bond acceptors (Lipinski definition) is 6. The molecule has 0 saturated heterocycles. The van der Waals surface area contributed by atoms with Crippen LogP contribution in [0.15, 0.2) is 0 Å². The van der Waals surface area contributed by atoms with Crippen LogP contribution in [-0.2, 0) is 19.9 Å². The Bertz CT molecular complexity index is 171. The van der Waals surface area contributed by atoms with Crippen molar-refractivity contribution in [2.75, 3.05) is 13.2 Å². The topological polar surface area (TPSA) is 77.4 Å². The van der Waals surface area contributed by atoms with Gasteiger partial charge in [-0.25, -0.2) is 20.3 Å². The number of rotatable bonds is 19. The highest BCUT2D eigenvalue weighted by atomic mass is 17.5. The van der Waals surface area contributed by atoms with Crippen molar-refractivity contribution in [1.29, 1.82) is 0 Å². The van der Waals surface area contributed by atoms with Crippen LogP contribution in [0.1, 0.15) is 89.9 Å². The van der Waals surface area contributed by atoms with E-state index < -0.39 is 0 Å². The van der Waals surface area contributed by atoms with Crippen LogP contribution in [0.4, 0.5) is 0 Å². The van der Waals surface area contributed by atoms with Crippen LogP contribution in [0.25, 0.3) is 0 Å². The van der Waals surface area contributed by atoms with Crippen molar-refractivity contribution in [2.24, 2.45) is 0 Å². The van der Waals surface area contributed by atoms with Crippen molar-refractivity contribution in [3.63, 3.8) is 0 Å². The SMILES string of the molecule is OOOCCCCCCCCCCCCCCCCOOO. The first-order valence-electron chi connectivity index (χ1n) is 8.78. The zero-order chi connectivity index (χ0) is 16.1. The molecule has 0 saturated carbocycles. The highest BCUT2D eigenvalue weighted by Gasteiger charge is 1.95. The van der Waals surface area contributed by atoms with Gasteiger partial charge in [0.1, 0.15) is 0 Å². The van der Waals surface area contributed by atoms with Crippen LogP contribution in [0.3, 0.4) is 0 Å². The average Bonchev–Trinajstić information content (AvgIpc) is 2.54. The molecule has 2 N–H and O–H groups in total. The second-order valence-electron chi connectivity index (χ2n) is 5.74. The molecule has 0 aliphatic rings. The van der Waals surface area contributed by atoms with Crippen LogP contribution >= 0.6 is 0 Å². The van der Waals surface area contributed by atoms with Crippen LogP contribution in [-0.4, -0.2) is 23.7 Å². The van der Waals surface area contributed by atoms with Crippen LogP contribution < -0.4 is 0 Å². The van der Waals surface area contributed by atoms with Gasteiger partial charge in [-0.1, -0.05) is 87.1 Å². The van der Waals surface area contributed by atoms with E-state index in [1.54, 1.807) is 0 Å². The summed E-state index contributed by atoms with van der Waals surface area (Å²) < 4.78 is 0. The molecule has 6 heteroatoms. The minimum Gasteiger partial charge on any atom is -0.221 e. The summed E-state index contributed by atoms with van der Waals surface area (Å²) in [5.41, 5.74) is 0. The van der Waals surface area contributed by atoms with Crippen molar-refractivity contribution in [2.45, 2.75) is 89.9 Å². The second-order valence-corrected chi connectivity index (χ2v) is 5.74. The molecule has 22 heavy (non-hydrogen) atoms. The quantitative estimate of drug-likeness (QED) is 0.191. The van der Waals surface area contributed by atoms with E-state index in [0.29, 0.717) is 13.2 Å². The zero-order valence-electron chi connectivity index (χ0n) is 13.8. The fourth-order valence-electron chi connectivity index (χ4n) is 2.52. The minimum atomic E-state index is 0.471. The Labute approximate surface area is 134 Å². The Morgan fingerprint density at radius 2 is 0.591 bits per heavy atom. The van der Waals surface area contributed by atoms with E-state index in [-0.39, 0.29) is 0 Å². The maximum atomic E-state index is 7.96. The molecule has 0 aromatic rings. The summed E-state index contributed by atoms with van der Waals surface area (Å²) in [6.45, 7) is 0.942. The predicted octanol–water partition coefficient (Wildman–Crippen LogP) is 5.29. The molecule has 0 aliphatic carbocycles. The summed E-state index contributed by atoms with van der Waals surface area (Å²) in [6, 6.07) is 0. The fourth-order valence-corrected chi connectivity index (χ4v) is 2.52. The summed E-state index contributed by atoms with van der Waals surface area (Å²) in [4.78, 5) is 8.78. The largest absolute Gasteiger partial charge is 0.221 e. The van der Waals surface area contributed by atoms with Gasteiger partial charge in [-0.3, -0.25) is 0 Å². The lowest BCUT2D eigenvalue weighted by atomic mass is 10.0. The Morgan fingerprint density at radius 3 is 0.818 bits per heavy atom. The first kappa shape index (κ1) is 21.8. The lowest BCUT2D eigenvalue weighted by Crippen LogP contribution is -1.93. The molecule has 6 nitrogen and oxygen atoms in total. The van der Waals surface area contributed by atoms with Crippen molar-refractivity contribution < 1.29 is 30.4 Å². The van der Waals surface area contributed by atoms with E-state index in [9.17, 15) is 0 Å². The maximum Gasteiger partial charge on any atom is 0.0853 e. The molecule has 0 aromatic carbocycles. The molecule has 0 rings (SSSR count). The standard InChI is InChI=1S/C16H34O6/c17-21-19-15-13-11-9-7-5-3-1-2-4-6-8-10-12-14-16-20-22-18/h17-18H,1-16H2. The van der Waals surface area contributed by atoms with Crippen molar-refractivity contribution in [3.05, 3.63) is 0 Å². The van der Waals surface area contributed by atoms with Gasteiger partial charge in [0.25, 0.3) is 0 Å². The lowest BCUT2D eigenvalue weighted by Gasteiger charge is -2.03. The Morgan fingerprint density at radius 1 is 0.364 bits per heavy atom. The average molecular weight is 322 g/mol. The van der Waals surface area contributed by atoms with Crippen molar-refractivity contribution >= 4 is 0 Å². The van der Waals surface area contributed by atoms with Crippen molar-refractivity contribution in [1.82, 2.24) is 0 Å². The molecule has 0 heterocycles. The van der Waals surface area contributed by atoms with Crippen molar-refractivity contribution in [3.8, 4) is 0 Å². The summed E-state index contributed by atoms with van der Waals surface area (Å²) in [5, 5.41) is 23.0. The van der Waals surface area contributed by atoms with Gasteiger partial charge < -0.3 is 0 Å². The van der Waals surface area contributed by atoms with Gasteiger partial charge in [0, 0.05) is 0 Å². The number of hydrogen-bond donors (Lipinski definition) is 2. The lowest BCUT2D eigenvalue weighted by molar-refractivity contribution is -0.490. The Balaban J connectivity index is 2.91. The van der Waals surface area contributed by atoms with Gasteiger partial charge >= 0.3 is 0 Å². The molecular formula is C16H34O6. The summed E-state index contributed by atoms with van der Waals surface area (Å²) in [7, 11) is 0. The summed E-state index contributed by atoms with van der Waals surface area (Å²) in [6.07, 6.45) is 17.3. The van der Waals surface area contributed by atoms with Crippen LogP contribution in [0.2, 0.25) is 0 Å². The summed E-state index contributed by atoms with van der Waals surface area (Å²) >= 11 is 0. The maximum absolute atomic E-state index is 7.96. The highest BCUT2D eigenvalue weighted by molar-refractivity contribution is 4.49. The van der Waals surface area contributed by atoms with Gasteiger partial charge in [0.05, 0.1) is 13.2 Å². The van der Waals surface area contributed by atoms with Gasteiger partial charge in [-0.2, -0.15) is 0 Å².